The third-order valence-electron chi connectivity index (χ3n) is 2.21. The van der Waals surface area contributed by atoms with Gasteiger partial charge in [-0.05, 0) is 25.3 Å². The standard InChI is InChI=1S/C10H15ClN2/c1-9(7-11)8-13(6-2-5-12)10-3-4-10/h7,10H,2-4,6,8H2,1H3. The minimum atomic E-state index is 0.617. The van der Waals surface area contributed by atoms with Crippen molar-refractivity contribution in [3.8, 4) is 6.07 Å². The van der Waals surface area contributed by atoms with Gasteiger partial charge in [0.25, 0.3) is 0 Å². The SMILES string of the molecule is CC(=CCl)CN(CCC#N)C1CC1. The van der Waals surface area contributed by atoms with E-state index in [2.05, 4.69) is 11.0 Å². The summed E-state index contributed by atoms with van der Waals surface area (Å²) in [4.78, 5) is 2.34. The highest BCUT2D eigenvalue weighted by molar-refractivity contribution is 6.25. The first kappa shape index (κ1) is 10.6. The molecule has 2 nitrogen and oxygen atoms in total. The van der Waals surface area contributed by atoms with Crippen LogP contribution in [-0.4, -0.2) is 24.0 Å². The maximum Gasteiger partial charge on any atom is 0.0635 e. The van der Waals surface area contributed by atoms with Gasteiger partial charge in [-0.1, -0.05) is 11.6 Å². The zero-order valence-corrected chi connectivity index (χ0v) is 8.72. The second-order valence-corrected chi connectivity index (χ2v) is 3.78. The van der Waals surface area contributed by atoms with Crippen molar-refractivity contribution in [1.82, 2.24) is 4.90 Å². The van der Waals surface area contributed by atoms with Crippen molar-refractivity contribution in [2.45, 2.75) is 32.2 Å². The van der Waals surface area contributed by atoms with E-state index < -0.39 is 0 Å². The minimum Gasteiger partial charge on any atom is -0.295 e. The Morgan fingerprint density at radius 2 is 2.38 bits per heavy atom. The van der Waals surface area contributed by atoms with Gasteiger partial charge in [-0.3, -0.25) is 4.90 Å². The van der Waals surface area contributed by atoms with Gasteiger partial charge < -0.3 is 0 Å². The second-order valence-electron chi connectivity index (χ2n) is 3.57. The van der Waals surface area contributed by atoms with Crippen LogP contribution in [0.3, 0.4) is 0 Å². The van der Waals surface area contributed by atoms with E-state index in [0.29, 0.717) is 12.5 Å². The van der Waals surface area contributed by atoms with Gasteiger partial charge in [0.05, 0.1) is 6.07 Å². The predicted octanol–water partition coefficient (Wildman–Crippen LogP) is 2.51. The molecule has 0 aromatic rings. The Bertz CT molecular complexity index is 226. The van der Waals surface area contributed by atoms with Crippen LogP contribution in [0.4, 0.5) is 0 Å². The van der Waals surface area contributed by atoms with Crippen LogP contribution in [0.2, 0.25) is 0 Å². The number of hydrogen-bond donors (Lipinski definition) is 0. The summed E-state index contributed by atoms with van der Waals surface area (Å²) in [7, 11) is 0. The Morgan fingerprint density at radius 3 is 2.85 bits per heavy atom. The van der Waals surface area contributed by atoms with Crippen LogP contribution < -0.4 is 0 Å². The van der Waals surface area contributed by atoms with Gasteiger partial charge in [-0.2, -0.15) is 5.26 Å². The summed E-state index contributed by atoms with van der Waals surface area (Å²) in [5.74, 6) is 0. The fourth-order valence-electron chi connectivity index (χ4n) is 1.38. The molecule has 0 N–H and O–H groups in total. The van der Waals surface area contributed by atoms with Gasteiger partial charge in [-0.15, -0.1) is 0 Å². The van der Waals surface area contributed by atoms with E-state index in [1.165, 1.54) is 18.4 Å². The highest BCUT2D eigenvalue weighted by Gasteiger charge is 2.28. The van der Waals surface area contributed by atoms with Crippen LogP contribution in [0.1, 0.15) is 26.2 Å². The molecule has 72 valence electrons. The van der Waals surface area contributed by atoms with Crippen LogP contribution in [0.5, 0.6) is 0 Å². The maximum atomic E-state index is 8.49. The molecule has 1 saturated carbocycles. The molecule has 0 aromatic heterocycles. The Balaban J connectivity index is 2.34. The highest BCUT2D eigenvalue weighted by atomic mass is 35.5. The molecule has 13 heavy (non-hydrogen) atoms. The normalized spacial score (nSPS) is 17.5. The van der Waals surface area contributed by atoms with Crippen molar-refractivity contribution in [2.24, 2.45) is 0 Å². The van der Waals surface area contributed by atoms with Crippen molar-refractivity contribution >= 4 is 11.6 Å². The Labute approximate surface area is 84.8 Å². The van der Waals surface area contributed by atoms with Crippen LogP contribution in [0, 0.1) is 11.3 Å². The summed E-state index contributed by atoms with van der Waals surface area (Å²) in [5.41, 5.74) is 2.80. The van der Waals surface area contributed by atoms with Gasteiger partial charge in [0.15, 0.2) is 0 Å². The van der Waals surface area contributed by atoms with Gasteiger partial charge >= 0.3 is 0 Å². The molecule has 0 saturated heterocycles. The van der Waals surface area contributed by atoms with Gasteiger partial charge in [-0.25, -0.2) is 0 Å². The highest BCUT2D eigenvalue weighted by Crippen LogP contribution is 2.27. The average Bonchev–Trinajstić information content (AvgIpc) is 2.94. The number of nitriles is 1. The molecule has 1 rings (SSSR count). The number of nitrogens with zero attached hydrogens (tertiary/aromatic N) is 2. The van der Waals surface area contributed by atoms with E-state index >= 15 is 0 Å². The summed E-state index contributed by atoms with van der Waals surface area (Å²) in [5, 5.41) is 8.49. The van der Waals surface area contributed by atoms with Gasteiger partial charge in [0.2, 0.25) is 0 Å². The molecular weight excluding hydrogens is 184 g/mol. The van der Waals surface area contributed by atoms with E-state index in [-0.39, 0.29) is 0 Å². The Morgan fingerprint density at radius 1 is 1.69 bits per heavy atom. The molecule has 0 atom stereocenters. The topological polar surface area (TPSA) is 27.0 Å². The quantitative estimate of drug-likeness (QED) is 0.679. The zero-order chi connectivity index (χ0) is 9.68. The monoisotopic (exact) mass is 198 g/mol. The van der Waals surface area contributed by atoms with Crippen LogP contribution in [0.15, 0.2) is 11.1 Å². The minimum absolute atomic E-state index is 0.617. The summed E-state index contributed by atoms with van der Waals surface area (Å²) in [6, 6.07) is 2.89. The molecular formula is C10H15ClN2. The fourth-order valence-corrected chi connectivity index (χ4v) is 1.45. The van der Waals surface area contributed by atoms with Crippen molar-refractivity contribution < 1.29 is 0 Å². The van der Waals surface area contributed by atoms with Crippen molar-refractivity contribution in [1.29, 1.82) is 5.26 Å². The third-order valence-corrected chi connectivity index (χ3v) is 2.59. The molecule has 0 radical (unpaired) electrons. The van der Waals surface area contributed by atoms with E-state index in [1.807, 2.05) is 6.92 Å². The summed E-state index contributed by atoms with van der Waals surface area (Å²) in [6.45, 7) is 3.81. The summed E-state index contributed by atoms with van der Waals surface area (Å²) < 4.78 is 0. The zero-order valence-electron chi connectivity index (χ0n) is 7.96. The molecule has 1 fully saturated rings. The van der Waals surface area contributed by atoms with Gasteiger partial charge in [0, 0.05) is 31.1 Å². The Hall–Kier alpha value is -0.520. The van der Waals surface area contributed by atoms with Crippen molar-refractivity contribution in [3.63, 3.8) is 0 Å². The Kier molecular flexibility index (Phi) is 4.27. The molecule has 0 amide bonds. The molecule has 0 spiro atoms. The number of halogens is 1. The summed E-state index contributed by atoms with van der Waals surface area (Å²) >= 11 is 5.60. The molecule has 0 aliphatic heterocycles. The molecule has 0 heterocycles. The molecule has 3 heteroatoms. The van der Waals surface area contributed by atoms with Crippen molar-refractivity contribution in [3.05, 3.63) is 11.1 Å². The van der Waals surface area contributed by atoms with E-state index in [0.717, 1.165) is 13.1 Å². The number of rotatable bonds is 5. The average molecular weight is 199 g/mol. The van der Waals surface area contributed by atoms with E-state index in [1.54, 1.807) is 5.54 Å². The van der Waals surface area contributed by atoms with Gasteiger partial charge in [0.1, 0.15) is 0 Å². The first-order chi connectivity index (χ1) is 6.27. The van der Waals surface area contributed by atoms with Crippen LogP contribution >= 0.6 is 11.6 Å². The molecule has 0 bridgehead atoms. The van der Waals surface area contributed by atoms with Crippen LogP contribution in [-0.2, 0) is 0 Å². The van der Waals surface area contributed by atoms with Crippen molar-refractivity contribution in [2.75, 3.05) is 13.1 Å². The lowest BCUT2D eigenvalue weighted by molar-refractivity contribution is 0.293. The fraction of sp³-hybridized carbons (Fsp3) is 0.700. The van der Waals surface area contributed by atoms with E-state index in [9.17, 15) is 0 Å². The lowest BCUT2D eigenvalue weighted by Crippen LogP contribution is -2.28. The third kappa shape index (κ3) is 3.80. The largest absolute Gasteiger partial charge is 0.295 e. The molecule has 1 aliphatic carbocycles. The molecule has 0 aromatic carbocycles. The van der Waals surface area contributed by atoms with E-state index in [4.69, 9.17) is 16.9 Å². The summed E-state index contributed by atoms with van der Waals surface area (Å²) in [6.07, 6.45) is 3.17. The van der Waals surface area contributed by atoms with Crippen LogP contribution in [0.25, 0.3) is 0 Å². The lowest BCUT2D eigenvalue weighted by Gasteiger charge is -2.20. The maximum absolute atomic E-state index is 8.49. The predicted molar refractivity (Wildman–Crippen MR) is 54.4 cm³/mol. The second kappa shape index (κ2) is 5.26. The lowest BCUT2D eigenvalue weighted by atomic mass is 10.3. The molecule has 1 aliphatic rings. The molecule has 0 unspecified atom stereocenters. The number of hydrogen-bond acceptors (Lipinski definition) is 2. The first-order valence-electron chi connectivity index (χ1n) is 4.64. The first-order valence-corrected chi connectivity index (χ1v) is 5.08. The smallest absolute Gasteiger partial charge is 0.0635 e.